The molecule has 406 valence electrons. The predicted octanol–water partition coefficient (Wildman–Crippen LogP) is 16.3. The van der Waals surface area contributed by atoms with Crippen LogP contribution >= 0.6 is 45.3 Å². The van der Waals surface area contributed by atoms with Crippen LogP contribution in [0.4, 0.5) is 32.7 Å². The highest BCUT2D eigenvalue weighted by Gasteiger charge is 2.12. The van der Waals surface area contributed by atoms with Crippen LogP contribution in [-0.2, 0) is 6.42 Å². The summed E-state index contributed by atoms with van der Waals surface area (Å²) >= 11 is 6.44. The van der Waals surface area contributed by atoms with Gasteiger partial charge in [0.2, 0.25) is 0 Å². The maximum Gasteiger partial charge on any atom is 0.190 e. The number of para-hydroxylation sites is 1. The number of hydrogen-bond acceptors (Lipinski definition) is 18. The van der Waals surface area contributed by atoms with Gasteiger partial charge in [0.25, 0.3) is 0 Å². The van der Waals surface area contributed by atoms with Crippen molar-refractivity contribution in [2.75, 3.05) is 51.0 Å². The van der Waals surface area contributed by atoms with Crippen molar-refractivity contribution in [1.82, 2.24) is 34.9 Å². The van der Waals surface area contributed by atoms with Crippen LogP contribution in [0.1, 0.15) is 10.6 Å². The van der Waals surface area contributed by atoms with E-state index in [0.717, 1.165) is 112 Å². The Morgan fingerprint density at radius 3 is 1.26 bits per heavy atom. The first kappa shape index (κ1) is 56.4. The highest BCUT2D eigenvalue weighted by molar-refractivity contribution is 7.14. The first-order valence-corrected chi connectivity index (χ1v) is 28.8. The average molecular weight is 1150 g/mol. The van der Waals surface area contributed by atoms with Crippen LogP contribution in [0.2, 0.25) is 0 Å². The van der Waals surface area contributed by atoms with Crippen LogP contribution in [0.5, 0.6) is 23.0 Å². The Balaban J connectivity index is 0.000000131. The number of pyridine rings is 3. The summed E-state index contributed by atoms with van der Waals surface area (Å²) in [6, 6.07) is 57.5. The standard InChI is InChI=1S/C18H17NO2S.C17H16N2OS.C15H13N3OS.C13H10N4S/c1-20-15-7-3-13(4-8-15)11-18-19-17(12-22-18)14-5-9-16(21-2)10-6-14;1-19(14-6-4-3-5-7-14)17-18-16(12-21-17)13-8-10-15(20-2)11-9-13;1-19-12-7-5-11(6-8-12)13-10-20-15(17-13)18-14-4-2-3-9-16-14;1-2-6-15-12(3-1)17-13-16-11(9-18-13)10-4-7-14-8-5-10/h3-10,12H,11H2,1-2H3;3-12H,1-2H3;2-10H,1H3,(H,16,17,18);1-9H,(H,15,16,17). The van der Waals surface area contributed by atoms with E-state index in [1.54, 1.807) is 98.6 Å². The van der Waals surface area contributed by atoms with Gasteiger partial charge in [0, 0.05) is 87.7 Å². The largest absolute Gasteiger partial charge is 0.497 e. The minimum absolute atomic E-state index is 0.795. The van der Waals surface area contributed by atoms with E-state index in [-0.39, 0.29) is 0 Å². The van der Waals surface area contributed by atoms with Crippen molar-refractivity contribution < 1.29 is 18.9 Å². The van der Waals surface area contributed by atoms with E-state index in [4.69, 9.17) is 28.9 Å². The zero-order valence-electron chi connectivity index (χ0n) is 44.9. The molecule has 0 aliphatic carbocycles. The third-order valence-electron chi connectivity index (χ3n) is 11.9. The predicted molar refractivity (Wildman–Crippen MR) is 333 cm³/mol. The molecule has 5 aromatic carbocycles. The molecular formula is C63H56N10O4S4. The van der Waals surface area contributed by atoms with E-state index in [2.05, 4.69) is 75.5 Å². The molecule has 14 nitrogen and oxygen atoms in total. The van der Waals surface area contributed by atoms with E-state index in [1.807, 2.05) is 169 Å². The number of rotatable bonds is 16. The lowest BCUT2D eigenvalue weighted by Gasteiger charge is -2.15. The zero-order valence-corrected chi connectivity index (χ0v) is 48.2. The van der Waals surface area contributed by atoms with Crippen LogP contribution in [0.3, 0.4) is 0 Å². The Morgan fingerprint density at radius 2 is 0.802 bits per heavy atom. The number of hydrogen-bond donors (Lipinski definition) is 2. The van der Waals surface area contributed by atoms with Crippen LogP contribution in [-0.4, -0.2) is 70.4 Å². The lowest BCUT2D eigenvalue weighted by Crippen LogP contribution is -2.08. The summed E-state index contributed by atoms with van der Waals surface area (Å²) in [4.78, 5) is 33.0. The van der Waals surface area contributed by atoms with Gasteiger partial charge < -0.3 is 34.5 Å². The number of anilines is 6. The lowest BCUT2D eigenvalue weighted by atomic mass is 10.1. The van der Waals surface area contributed by atoms with Gasteiger partial charge in [-0.1, -0.05) is 42.5 Å². The van der Waals surface area contributed by atoms with Gasteiger partial charge >= 0.3 is 0 Å². The van der Waals surface area contributed by atoms with E-state index < -0.39 is 0 Å². The van der Waals surface area contributed by atoms with E-state index in [9.17, 15) is 0 Å². The fourth-order valence-electron chi connectivity index (χ4n) is 7.58. The summed E-state index contributed by atoms with van der Waals surface area (Å²) in [5.41, 5.74) is 10.6. The van der Waals surface area contributed by atoms with Crippen molar-refractivity contribution in [2.45, 2.75) is 6.42 Å². The summed E-state index contributed by atoms with van der Waals surface area (Å²) in [5, 5.41) is 18.3. The molecule has 0 aliphatic heterocycles. The number of thiazole rings is 4. The highest BCUT2D eigenvalue weighted by Crippen LogP contribution is 2.33. The number of nitrogens with zero attached hydrogens (tertiary/aromatic N) is 8. The first-order chi connectivity index (χ1) is 39.8. The van der Waals surface area contributed by atoms with Gasteiger partial charge in [0.15, 0.2) is 15.4 Å². The van der Waals surface area contributed by atoms with Crippen molar-refractivity contribution in [3.63, 3.8) is 0 Å². The number of nitrogens with one attached hydrogen (secondary N) is 2. The van der Waals surface area contributed by atoms with E-state index in [0.29, 0.717) is 0 Å². The van der Waals surface area contributed by atoms with Gasteiger partial charge in [-0.15, -0.1) is 45.3 Å². The van der Waals surface area contributed by atoms with Crippen LogP contribution in [0.25, 0.3) is 45.0 Å². The van der Waals surface area contributed by atoms with Gasteiger partial charge in [-0.05, 0) is 139 Å². The van der Waals surface area contributed by atoms with E-state index >= 15 is 0 Å². The molecule has 0 amide bonds. The maximum atomic E-state index is 5.18. The summed E-state index contributed by atoms with van der Waals surface area (Å²) in [5.74, 6) is 5.03. The molecule has 0 bridgehead atoms. The number of ether oxygens (including phenoxy) is 4. The van der Waals surface area contributed by atoms with Gasteiger partial charge in [-0.25, -0.2) is 29.9 Å². The molecule has 0 aliphatic rings. The fraction of sp³-hybridized carbons (Fsp3) is 0.0952. The zero-order chi connectivity index (χ0) is 56.0. The molecule has 7 aromatic heterocycles. The third kappa shape index (κ3) is 16.4. The molecule has 0 atom stereocenters. The molecule has 12 rings (SSSR count). The molecule has 12 aromatic rings. The molecule has 0 spiro atoms. The highest BCUT2D eigenvalue weighted by atomic mass is 32.1. The number of aromatic nitrogens is 7. The fourth-order valence-corrected chi connectivity index (χ4v) is 10.7. The molecule has 0 saturated carbocycles. The van der Waals surface area contributed by atoms with Gasteiger partial charge in [0.1, 0.15) is 34.6 Å². The Hall–Kier alpha value is -9.33. The third-order valence-corrected chi connectivity index (χ3v) is 15.2. The van der Waals surface area contributed by atoms with Crippen molar-refractivity contribution in [3.05, 3.63) is 233 Å². The van der Waals surface area contributed by atoms with Crippen molar-refractivity contribution in [3.8, 4) is 68.0 Å². The SMILES string of the molecule is COc1ccc(-c2csc(N(C)c3ccccc3)n2)cc1.COc1ccc(-c2csc(Nc3ccccn3)n2)cc1.COc1ccc(Cc2nc(-c3ccc(OC)cc3)cs2)cc1.c1ccc(Nc2nc(-c3ccncc3)cs2)nc1. The second-order valence-corrected chi connectivity index (χ2v) is 20.7. The second kappa shape index (κ2) is 29.0. The number of methoxy groups -OCH3 is 4. The van der Waals surface area contributed by atoms with Crippen molar-refractivity contribution in [1.29, 1.82) is 0 Å². The Morgan fingerprint density at radius 1 is 0.395 bits per heavy atom. The van der Waals surface area contributed by atoms with E-state index in [1.165, 1.54) is 5.56 Å². The minimum atomic E-state index is 0.795. The Kier molecular flexibility index (Phi) is 20.2. The van der Waals surface area contributed by atoms with Gasteiger partial charge in [-0.2, -0.15) is 0 Å². The molecule has 2 N–H and O–H groups in total. The molecule has 0 radical (unpaired) electrons. The molecule has 0 fully saturated rings. The van der Waals surface area contributed by atoms with Crippen LogP contribution in [0, 0.1) is 0 Å². The van der Waals surface area contributed by atoms with Crippen molar-refractivity contribution in [2.24, 2.45) is 0 Å². The monoisotopic (exact) mass is 1140 g/mol. The maximum absolute atomic E-state index is 5.18. The quantitative estimate of drug-likeness (QED) is 0.0943. The molecule has 18 heteroatoms. The number of benzene rings is 5. The van der Waals surface area contributed by atoms with Crippen molar-refractivity contribution >= 4 is 78.1 Å². The van der Waals surface area contributed by atoms with Crippen LogP contribution < -0.4 is 34.5 Å². The second-order valence-electron chi connectivity index (χ2n) is 17.2. The Bertz CT molecular complexity index is 3740. The summed E-state index contributed by atoms with van der Waals surface area (Å²) in [6.07, 6.45) is 7.87. The van der Waals surface area contributed by atoms with Gasteiger partial charge in [0.05, 0.1) is 56.2 Å². The normalized spacial score (nSPS) is 10.3. The smallest absolute Gasteiger partial charge is 0.190 e. The molecular weight excluding hydrogens is 1090 g/mol. The molecule has 7 heterocycles. The molecule has 0 unspecified atom stereocenters. The summed E-state index contributed by atoms with van der Waals surface area (Å²) in [7, 11) is 8.71. The first-order valence-electron chi connectivity index (χ1n) is 25.3. The topological polar surface area (TPSA) is 154 Å². The Labute approximate surface area is 487 Å². The molecule has 0 saturated heterocycles. The minimum Gasteiger partial charge on any atom is -0.497 e. The summed E-state index contributed by atoms with van der Waals surface area (Å²) in [6.45, 7) is 0. The summed E-state index contributed by atoms with van der Waals surface area (Å²) < 4.78 is 20.7. The average Bonchev–Trinajstić information content (AvgIpc) is 4.44. The lowest BCUT2D eigenvalue weighted by molar-refractivity contribution is 0.414. The van der Waals surface area contributed by atoms with Gasteiger partial charge in [-0.3, -0.25) is 4.98 Å². The molecule has 81 heavy (non-hydrogen) atoms. The van der Waals surface area contributed by atoms with Crippen LogP contribution in [0.15, 0.2) is 222 Å².